The van der Waals surface area contributed by atoms with Gasteiger partial charge in [0.05, 0.1) is 11.5 Å². The van der Waals surface area contributed by atoms with Crippen LogP contribution in [0.5, 0.6) is 0 Å². The topological polar surface area (TPSA) is 105 Å². The molecular formula is C25H27F2N7O3. The molecule has 194 valence electrons. The van der Waals surface area contributed by atoms with Crippen LogP contribution in [0.25, 0.3) is 10.9 Å². The summed E-state index contributed by atoms with van der Waals surface area (Å²) in [6, 6.07) is 9.96. The highest BCUT2D eigenvalue weighted by molar-refractivity contribution is 5.82. The first kappa shape index (κ1) is 24.9. The zero-order valence-electron chi connectivity index (χ0n) is 20.1. The SMILES string of the molecule is O=[N+]([O-])c1ccc2c(ccn2CCN2CCN(CC(O)(Cn3cncn3)c3ccc(F)cc3F)CC2)c1. The molecule has 37 heavy (non-hydrogen) atoms. The van der Waals surface area contributed by atoms with Gasteiger partial charge in [-0.15, -0.1) is 0 Å². The summed E-state index contributed by atoms with van der Waals surface area (Å²) in [6.07, 6.45) is 4.73. The van der Waals surface area contributed by atoms with Gasteiger partial charge in [-0.05, 0) is 18.2 Å². The molecule has 3 heterocycles. The summed E-state index contributed by atoms with van der Waals surface area (Å²) >= 11 is 0. The Kier molecular flexibility index (Phi) is 6.96. The first-order valence-electron chi connectivity index (χ1n) is 12.0. The molecule has 0 aliphatic carbocycles. The van der Waals surface area contributed by atoms with Gasteiger partial charge < -0.3 is 9.67 Å². The zero-order chi connectivity index (χ0) is 26.0. The summed E-state index contributed by atoms with van der Waals surface area (Å²) in [5.74, 6) is -1.50. The minimum absolute atomic E-state index is 0.0192. The van der Waals surface area contributed by atoms with Crippen LogP contribution in [0.1, 0.15) is 5.56 Å². The highest BCUT2D eigenvalue weighted by atomic mass is 19.1. The van der Waals surface area contributed by atoms with Crippen molar-refractivity contribution in [2.24, 2.45) is 0 Å². The summed E-state index contributed by atoms with van der Waals surface area (Å²) in [4.78, 5) is 18.9. The second kappa shape index (κ2) is 10.3. The number of rotatable bonds is 9. The Balaban J connectivity index is 1.21. The predicted octanol–water partition coefficient (Wildman–Crippen LogP) is 2.62. The summed E-state index contributed by atoms with van der Waals surface area (Å²) in [5, 5.41) is 27.5. The summed E-state index contributed by atoms with van der Waals surface area (Å²) < 4.78 is 31.7. The van der Waals surface area contributed by atoms with Crippen LogP contribution in [-0.4, -0.2) is 78.4 Å². The van der Waals surface area contributed by atoms with Crippen molar-refractivity contribution >= 4 is 16.6 Å². The van der Waals surface area contributed by atoms with Crippen molar-refractivity contribution in [2.75, 3.05) is 39.3 Å². The van der Waals surface area contributed by atoms with Crippen LogP contribution < -0.4 is 0 Å². The molecule has 2 aromatic carbocycles. The molecule has 4 aromatic rings. The monoisotopic (exact) mass is 511 g/mol. The Hall–Kier alpha value is -3.74. The molecule has 1 aliphatic heterocycles. The third kappa shape index (κ3) is 5.50. The molecule has 2 aromatic heterocycles. The molecule has 0 amide bonds. The fraction of sp³-hybridized carbons (Fsp3) is 0.360. The normalized spacial score (nSPS) is 16.7. The molecule has 1 atom stereocenters. The van der Waals surface area contributed by atoms with Crippen molar-refractivity contribution < 1.29 is 18.8 Å². The molecule has 1 N–H and O–H groups in total. The number of β-amino-alcohol motifs (C(OH)–C–C–N with tert-alkyl or cyclic N) is 1. The van der Waals surface area contributed by atoms with Crippen molar-refractivity contribution in [3.8, 4) is 0 Å². The van der Waals surface area contributed by atoms with E-state index in [0.717, 1.165) is 49.2 Å². The van der Waals surface area contributed by atoms with Gasteiger partial charge in [-0.3, -0.25) is 19.9 Å². The lowest BCUT2D eigenvalue weighted by Crippen LogP contribution is -2.52. The third-order valence-corrected chi connectivity index (χ3v) is 6.90. The maximum atomic E-state index is 14.7. The number of piperazine rings is 1. The van der Waals surface area contributed by atoms with Crippen LogP contribution in [0.15, 0.2) is 61.3 Å². The molecule has 12 heteroatoms. The lowest BCUT2D eigenvalue weighted by Gasteiger charge is -2.39. The minimum atomic E-state index is -1.62. The largest absolute Gasteiger partial charge is 0.382 e. The third-order valence-electron chi connectivity index (χ3n) is 6.90. The standard InChI is InChI=1S/C25H27F2N7O3/c26-20-1-3-22(23(27)14-20)25(35,16-33-18-28-17-29-33)15-31-9-7-30(8-10-31)11-12-32-6-5-19-13-21(34(36)37)2-4-24(19)32/h1-6,13-14,17-18,35H,7-12,15-16H2. The van der Waals surface area contributed by atoms with Gasteiger partial charge in [0.1, 0.15) is 29.9 Å². The predicted molar refractivity (Wildman–Crippen MR) is 132 cm³/mol. The van der Waals surface area contributed by atoms with Gasteiger partial charge >= 0.3 is 0 Å². The maximum absolute atomic E-state index is 14.7. The highest BCUT2D eigenvalue weighted by Gasteiger charge is 2.36. The zero-order valence-corrected chi connectivity index (χ0v) is 20.1. The number of aliphatic hydroxyl groups is 1. The first-order chi connectivity index (χ1) is 17.8. The molecule has 1 fully saturated rings. The van der Waals surface area contributed by atoms with E-state index in [1.165, 1.54) is 29.5 Å². The Morgan fingerprint density at radius 2 is 1.78 bits per heavy atom. The average molecular weight is 512 g/mol. The van der Waals surface area contributed by atoms with E-state index in [-0.39, 0.29) is 24.3 Å². The van der Waals surface area contributed by atoms with E-state index >= 15 is 0 Å². The minimum Gasteiger partial charge on any atom is -0.382 e. The number of hydrogen-bond donors (Lipinski definition) is 1. The Morgan fingerprint density at radius 1 is 1.00 bits per heavy atom. The van der Waals surface area contributed by atoms with E-state index in [4.69, 9.17) is 0 Å². The molecular weight excluding hydrogens is 484 g/mol. The van der Waals surface area contributed by atoms with E-state index < -0.39 is 22.2 Å². The molecule has 0 bridgehead atoms. The van der Waals surface area contributed by atoms with Crippen LogP contribution in [0, 0.1) is 21.7 Å². The fourth-order valence-corrected chi connectivity index (χ4v) is 4.96. The number of hydrogen-bond acceptors (Lipinski definition) is 7. The molecule has 0 saturated carbocycles. The van der Waals surface area contributed by atoms with Gasteiger partial charge in [0.2, 0.25) is 0 Å². The van der Waals surface area contributed by atoms with Crippen LogP contribution in [0.3, 0.4) is 0 Å². The molecule has 1 saturated heterocycles. The highest BCUT2D eigenvalue weighted by Crippen LogP contribution is 2.28. The second-order valence-electron chi connectivity index (χ2n) is 9.38. The fourth-order valence-electron chi connectivity index (χ4n) is 4.96. The van der Waals surface area contributed by atoms with Crippen LogP contribution in [-0.2, 0) is 18.7 Å². The second-order valence-corrected chi connectivity index (χ2v) is 9.38. The summed E-state index contributed by atoms with van der Waals surface area (Å²) in [6.45, 7) is 4.52. The van der Waals surface area contributed by atoms with Gasteiger partial charge in [-0.2, -0.15) is 5.10 Å². The number of nitro benzene ring substituents is 1. The molecule has 1 aliphatic rings. The number of aromatic nitrogens is 4. The van der Waals surface area contributed by atoms with Gasteiger partial charge in [-0.25, -0.2) is 18.4 Å². The van der Waals surface area contributed by atoms with E-state index in [2.05, 4.69) is 24.4 Å². The Labute approximate surface area is 211 Å². The average Bonchev–Trinajstić information content (AvgIpc) is 3.52. The smallest absolute Gasteiger partial charge is 0.270 e. The summed E-state index contributed by atoms with van der Waals surface area (Å²) in [7, 11) is 0. The molecule has 5 rings (SSSR count). The molecule has 0 spiro atoms. The van der Waals surface area contributed by atoms with Crippen molar-refractivity contribution in [1.29, 1.82) is 0 Å². The van der Waals surface area contributed by atoms with E-state index in [1.54, 1.807) is 12.1 Å². The van der Waals surface area contributed by atoms with Crippen molar-refractivity contribution in [3.05, 3.63) is 88.6 Å². The van der Waals surface area contributed by atoms with E-state index in [1.807, 2.05) is 12.3 Å². The van der Waals surface area contributed by atoms with E-state index in [0.29, 0.717) is 13.1 Å². The number of nitro groups is 1. The van der Waals surface area contributed by atoms with Crippen LogP contribution >= 0.6 is 0 Å². The number of non-ortho nitro benzene ring substituents is 1. The lowest BCUT2D eigenvalue weighted by atomic mass is 9.92. The quantitative estimate of drug-likeness (QED) is 0.272. The Morgan fingerprint density at radius 3 is 2.49 bits per heavy atom. The maximum Gasteiger partial charge on any atom is 0.270 e. The van der Waals surface area contributed by atoms with Gasteiger partial charge in [-0.1, -0.05) is 6.07 Å². The van der Waals surface area contributed by atoms with Crippen molar-refractivity contribution in [1.82, 2.24) is 29.1 Å². The van der Waals surface area contributed by atoms with Crippen molar-refractivity contribution in [3.63, 3.8) is 0 Å². The first-order valence-corrected chi connectivity index (χ1v) is 12.0. The number of nitrogens with zero attached hydrogens (tertiary/aromatic N) is 7. The number of fused-ring (bicyclic) bond motifs is 1. The summed E-state index contributed by atoms with van der Waals surface area (Å²) in [5.41, 5.74) is -0.582. The Bertz CT molecular complexity index is 1390. The lowest BCUT2D eigenvalue weighted by molar-refractivity contribution is -0.384. The van der Waals surface area contributed by atoms with Crippen molar-refractivity contribution in [2.45, 2.75) is 18.7 Å². The van der Waals surface area contributed by atoms with E-state index in [9.17, 15) is 24.0 Å². The number of halogens is 2. The van der Waals surface area contributed by atoms with Crippen LogP contribution in [0.2, 0.25) is 0 Å². The van der Waals surface area contributed by atoms with Gasteiger partial charge in [0.25, 0.3) is 5.69 Å². The molecule has 10 nitrogen and oxygen atoms in total. The molecule has 1 unspecified atom stereocenters. The van der Waals surface area contributed by atoms with Crippen LogP contribution in [0.4, 0.5) is 14.5 Å². The van der Waals surface area contributed by atoms with Gasteiger partial charge in [0.15, 0.2) is 0 Å². The molecule has 0 radical (unpaired) electrons. The van der Waals surface area contributed by atoms with Gasteiger partial charge in [0, 0.05) is 86.7 Å². The number of benzene rings is 2.